The van der Waals surface area contributed by atoms with Crippen LogP contribution in [0.4, 0.5) is 0 Å². The average Bonchev–Trinajstić information content (AvgIpc) is 2.65. The van der Waals surface area contributed by atoms with Gasteiger partial charge in [0.2, 0.25) is 5.28 Å². The standard InChI is InChI=1S/C11H14Cl2N4O/c1-3-4-7-8-9(10(12)15-11(13)14-8)17(16-7)5-6-18-2/h3-6H2,1-2H3. The van der Waals surface area contributed by atoms with E-state index in [4.69, 9.17) is 27.9 Å². The predicted molar refractivity (Wildman–Crippen MR) is 71.2 cm³/mol. The largest absolute Gasteiger partial charge is 0.383 e. The third kappa shape index (κ3) is 2.58. The smallest absolute Gasteiger partial charge is 0.224 e. The van der Waals surface area contributed by atoms with Crippen LogP contribution in [-0.4, -0.2) is 33.5 Å². The van der Waals surface area contributed by atoms with Gasteiger partial charge in [0.1, 0.15) is 11.0 Å². The second-order valence-electron chi connectivity index (χ2n) is 3.89. The van der Waals surface area contributed by atoms with Gasteiger partial charge in [-0.05, 0) is 18.0 Å². The van der Waals surface area contributed by atoms with Gasteiger partial charge in [-0.15, -0.1) is 0 Å². The summed E-state index contributed by atoms with van der Waals surface area (Å²) in [4.78, 5) is 8.19. The maximum atomic E-state index is 6.12. The Morgan fingerprint density at radius 3 is 2.72 bits per heavy atom. The fourth-order valence-electron chi connectivity index (χ4n) is 1.82. The lowest BCUT2D eigenvalue weighted by Crippen LogP contribution is -2.06. The molecule has 5 nitrogen and oxygen atoms in total. The van der Waals surface area contributed by atoms with Gasteiger partial charge in [-0.1, -0.05) is 24.9 Å². The monoisotopic (exact) mass is 288 g/mol. The first kappa shape index (κ1) is 13.5. The topological polar surface area (TPSA) is 52.8 Å². The fraction of sp³-hybridized carbons (Fsp3) is 0.545. The molecule has 0 unspecified atom stereocenters. The van der Waals surface area contributed by atoms with E-state index in [1.54, 1.807) is 11.8 Å². The molecular formula is C11H14Cl2N4O. The van der Waals surface area contributed by atoms with Gasteiger partial charge in [-0.2, -0.15) is 5.10 Å². The van der Waals surface area contributed by atoms with Crippen LogP contribution in [-0.2, 0) is 17.7 Å². The molecule has 0 aliphatic rings. The van der Waals surface area contributed by atoms with Gasteiger partial charge in [0, 0.05) is 7.11 Å². The van der Waals surface area contributed by atoms with Gasteiger partial charge < -0.3 is 4.74 Å². The summed E-state index contributed by atoms with van der Waals surface area (Å²) in [6.45, 7) is 3.26. The highest BCUT2D eigenvalue weighted by molar-refractivity contribution is 6.35. The van der Waals surface area contributed by atoms with Crippen molar-refractivity contribution in [2.24, 2.45) is 0 Å². The van der Waals surface area contributed by atoms with Crippen molar-refractivity contribution in [2.45, 2.75) is 26.3 Å². The van der Waals surface area contributed by atoms with Crippen molar-refractivity contribution in [1.82, 2.24) is 19.7 Å². The van der Waals surface area contributed by atoms with Gasteiger partial charge in [-0.25, -0.2) is 9.97 Å². The lowest BCUT2D eigenvalue weighted by Gasteiger charge is -2.02. The van der Waals surface area contributed by atoms with Crippen molar-refractivity contribution >= 4 is 34.2 Å². The molecule has 18 heavy (non-hydrogen) atoms. The summed E-state index contributed by atoms with van der Waals surface area (Å²) in [6, 6.07) is 0. The van der Waals surface area contributed by atoms with E-state index in [-0.39, 0.29) is 5.28 Å². The molecule has 0 spiro atoms. The van der Waals surface area contributed by atoms with Crippen molar-refractivity contribution in [3.8, 4) is 0 Å². The summed E-state index contributed by atoms with van der Waals surface area (Å²) in [7, 11) is 1.65. The molecule has 0 aliphatic carbocycles. The molecule has 98 valence electrons. The van der Waals surface area contributed by atoms with Gasteiger partial charge in [0.15, 0.2) is 5.15 Å². The second kappa shape index (κ2) is 5.82. The molecule has 7 heteroatoms. The number of hydrogen-bond donors (Lipinski definition) is 0. The van der Waals surface area contributed by atoms with Crippen molar-refractivity contribution in [3.63, 3.8) is 0 Å². The van der Waals surface area contributed by atoms with E-state index in [9.17, 15) is 0 Å². The van der Waals surface area contributed by atoms with Crippen LogP contribution in [0.25, 0.3) is 11.0 Å². The van der Waals surface area contributed by atoms with E-state index in [0.29, 0.717) is 18.3 Å². The summed E-state index contributed by atoms with van der Waals surface area (Å²) in [6.07, 6.45) is 1.82. The Hall–Kier alpha value is -0.910. The number of aryl methyl sites for hydroxylation is 1. The molecule has 0 N–H and O–H groups in total. The Balaban J connectivity index is 2.56. The van der Waals surface area contributed by atoms with Crippen molar-refractivity contribution in [2.75, 3.05) is 13.7 Å². The van der Waals surface area contributed by atoms with Crippen molar-refractivity contribution in [3.05, 3.63) is 16.1 Å². The molecule has 0 aromatic carbocycles. The molecule has 0 atom stereocenters. The second-order valence-corrected chi connectivity index (χ2v) is 4.59. The predicted octanol–water partition coefficient (Wildman–Crippen LogP) is 2.73. The number of methoxy groups -OCH3 is 1. The Morgan fingerprint density at radius 1 is 1.28 bits per heavy atom. The quantitative estimate of drug-likeness (QED) is 0.627. The zero-order valence-corrected chi connectivity index (χ0v) is 11.8. The minimum atomic E-state index is 0.149. The number of fused-ring (bicyclic) bond motifs is 1. The molecule has 2 aromatic rings. The molecule has 0 saturated heterocycles. The minimum Gasteiger partial charge on any atom is -0.383 e. The van der Waals surface area contributed by atoms with Crippen LogP contribution >= 0.6 is 23.2 Å². The van der Waals surface area contributed by atoms with Crippen LogP contribution in [0, 0.1) is 0 Å². The van der Waals surface area contributed by atoms with E-state index in [1.807, 2.05) is 0 Å². The maximum absolute atomic E-state index is 6.12. The highest BCUT2D eigenvalue weighted by Crippen LogP contribution is 2.25. The molecule has 0 fully saturated rings. The van der Waals surface area contributed by atoms with Crippen molar-refractivity contribution < 1.29 is 4.74 Å². The highest BCUT2D eigenvalue weighted by Gasteiger charge is 2.16. The van der Waals surface area contributed by atoms with Crippen LogP contribution in [0.2, 0.25) is 10.4 Å². The molecular weight excluding hydrogens is 275 g/mol. The van der Waals surface area contributed by atoms with Crippen LogP contribution in [0.1, 0.15) is 19.0 Å². The van der Waals surface area contributed by atoms with Crippen LogP contribution < -0.4 is 0 Å². The van der Waals surface area contributed by atoms with E-state index in [1.165, 1.54) is 0 Å². The number of halogens is 2. The number of ether oxygens (including phenoxy) is 1. The number of hydrogen-bond acceptors (Lipinski definition) is 4. The fourth-order valence-corrected chi connectivity index (χ4v) is 2.30. The highest BCUT2D eigenvalue weighted by atomic mass is 35.5. The van der Waals surface area contributed by atoms with Crippen LogP contribution in [0.15, 0.2) is 0 Å². The number of aromatic nitrogens is 4. The first-order valence-electron chi connectivity index (χ1n) is 5.74. The maximum Gasteiger partial charge on any atom is 0.224 e. The Kier molecular flexibility index (Phi) is 4.37. The summed E-state index contributed by atoms with van der Waals surface area (Å²) in [5.74, 6) is 0. The van der Waals surface area contributed by atoms with E-state index in [2.05, 4.69) is 22.0 Å². The third-order valence-electron chi connectivity index (χ3n) is 2.58. The van der Waals surface area contributed by atoms with Gasteiger partial charge >= 0.3 is 0 Å². The average molecular weight is 289 g/mol. The normalized spacial score (nSPS) is 11.3. The van der Waals surface area contributed by atoms with Gasteiger partial charge in [0.25, 0.3) is 0 Å². The minimum absolute atomic E-state index is 0.149. The molecule has 2 rings (SSSR count). The number of rotatable bonds is 5. The van der Waals surface area contributed by atoms with Gasteiger partial charge in [0.05, 0.1) is 18.8 Å². The Labute approximate surface area is 115 Å². The summed E-state index contributed by atoms with van der Waals surface area (Å²) >= 11 is 12.0. The molecule has 0 amide bonds. The van der Waals surface area contributed by atoms with Crippen LogP contribution in [0.3, 0.4) is 0 Å². The molecule has 0 radical (unpaired) electrons. The molecule has 0 bridgehead atoms. The lowest BCUT2D eigenvalue weighted by molar-refractivity contribution is 0.184. The lowest BCUT2D eigenvalue weighted by atomic mass is 10.2. The zero-order chi connectivity index (χ0) is 13.1. The Morgan fingerprint density at radius 2 is 2.06 bits per heavy atom. The van der Waals surface area contributed by atoms with Crippen LogP contribution in [0.5, 0.6) is 0 Å². The van der Waals surface area contributed by atoms with Crippen molar-refractivity contribution in [1.29, 1.82) is 0 Å². The molecule has 2 heterocycles. The Bertz CT molecular complexity index is 555. The summed E-state index contributed by atoms with van der Waals surface area (Å²) in [5, 5.41) is 4.99. The van der Waals surface area contributed by atoms with E-state index >= 15 is 0 Å². The third-order valence-corrected chi connectivity index (χ3v) is 3.01. The molecule has 2 aromatic heterocycles. The summed E-state index contributed by atoms with van der Waals surface area (Å²) < 4.78 is 6.84. The first-order chi connectivity index (χ1) is 8.67. The number of nitrogens with zero attached hydrogens (tertiary/aromatic N) is 4. The van der Waals surface area contributed by atoms with E-state index < -0.39 is 0 Å². The van der Waals surface area contributed by atoms with E-state index in [0.717, 1.165) is 29.6 Å². The van der Waals surface area contributed by atoms with Gasteiger partial charge in [-0.3, -0.25) is 4.68 Å². The first-order valence-corrected chi connectivity index (χ1v) is 6.50. The molecule has 0 saturated carbocycles. The summed E-state index contributed by atoms with van der Waals surface area (Å²) in [5.41, 5.74) is 2.36. The molecule has 0 aliphatic heterocycles. The SMILES string of the molecule is CCCc1nn(CCOC)c2c(Cl)nc(Cl)nc12. The zero-order valence-electron chi connectivity index (χ0n) is 10.3.